The van der Waals surface area contributed by atoms with Crippen LogP contribution in [-0.4, -0.2) is 46.2 Å². The SMILES string of the molecule is C=CCNC(=O)CCCNc1ccc2c(cc1=O)[C@@H](NC(C)=O)CCc1cc(OC)c(OC)c(OC)c1-2. The van der Waals surface area contributed by atoms with Crippen LogP contribution in [0.25, 0.3) is 11.1 Å². The number of nitrogens with one attached hydrogen (secondary N) is 3. The third-order valence-corrected chi connectivity index (χ3v) is 6.26. The first-order chi connectivity index (χ1) is 17.8. The van der Waals surface area contributed by atoms with E-state index in [4.69, 9.17) is 14.2 Å². The molecule has 0 bridgehead atoms. The van der Waals surface area contributed by atoms with Crippen LogP contribution in [0, 0.1) is 0 Å². The van der Waals surface area contributed by atoms with Gasteiger partial charge in [-0.1, -0.05) is 12.1 Å². The maximum atomic E-state index is 13.3. The molecule has 0 fully saturated rings. The second-order valence-electron chi connectivity index (χ2n) is 8.72. The molecule has 2 aromatic rings. The summed E-state index contributed by atoms with van der Waals surface area (Å²) in [7, 11) is 4.68. The summed E-state index contributed by atoms with van der Waals surface area (Å²) >= 11 is 0. The van der Waals surface area contributed by atoms with Gasteiger partial charge < -0.3 is 30.2 Å². The van der Waals surface area contributed by atoms with Gasteiger partial charge in [-0.15, -0.1) is 6.58 Å². The quantitative estimate of drug-likeness (QED) is 0.314. The molecule has 9 nitrogen and oxygen atoms in total. The number of fused-ring (bicyclic) bond motifs is 3. The van der Waals surface area contributed by atoms with Crippen LogP contribution < -0.4 is 35.6 Å². The molecule has 0 saturated carbocycles. The van der Waals surface area contributed by atoms with Gasteiger partial charge in [-0.3, -0.25) is 14.4 Å². The van der Waals surface area contributed by atoms with Gasteiger partial charge in [0.15, 0.2) is 11.5 Å². The number of rotatable bonds is 11. The highest BCUT2D eigenvalue weighted by Gasteiger charge is 2.29. The Labute approximate surface area is 217 Å². The molecule has 0 unspecified atom stereocenters. The molecule has 1 aliphatic carbocycles. The van der Waals surface area contributed by atoms with E-state index in [0.29, 0.717) is 67.3 Å². The molecule has 1 aliphatic rings. The summed E-state index contributed by atoms with van der Waals surface area (Å²) < 4.78 is 17.0. The summed E-state index contributed by atoms with van der Waals surface area (Å²) in [5.41, 5.74) is 3.41. The standard InChI is InChI=1S/C28H35N3O6/c1-6-13-30-25(34)8-7-14-29-22-12-10-19-20(16-23(22)33)21(31-17(2)32)11-9-18-15-24(35-3)27(36-4)28(37-5)26(18)19/h6,10,12,15-16,21H,1,7-9,11,13-14H2,2-5H3,(H,29,33)(H,30,34)(H,31,32)/t21-/m0/s1. The smallest absolute Gasteiger partial charge is 0.220 e. The van der Waals surface area contributed by atoms with Crippen molar-refractivity contribution in [3.8, 4) is 28.4 Å². The lowest BCUT2D eigenvalue weighted by Crippen LogP contribution is -2.26. The molecule has 3 rings (SSSR count). The lowest BCUT2D eigenvalue weighted by molar-refractivity contribution is -0.121. The van der Waals surface area contributed by atoms with Crippen LogP contribution in [0.4, 0.5) is 5.69 Å². The highest BCUT2D eigenvalue weighted by molar-refractivity contribution is 5.83. The molecule has 37 heavy (non-hydrogen) atoms. The van der Waals surface area contributed by atoms with E-state index in [1.54, 1.807) is 39.5 Å². The van der Waals surface area contributed by atoms with Crippen LogP contribution in [-0.2, 0) is 16.0 Å². The zero-order chi connectivity index (χ0) is 26.9. The Morgan fingerprint density at radius 2 is 1.86 bits per heavy atom. The molecule has 198 valence electrons. The summed E-state index contributed by atoms with van der Waals surface area (Å²) in [5.74, 6) is 1.24. The number of methoxy groups -OCH3 is 3. The first kappa shape index (κ1) is 27.6. The molecule has 1 atom stereocenters. The van der Waals surface area contributed by atoms with Crippen molar-refractivity contribution in [2.75, 3.05) is 39.7 Å². The molecular weight excluding hydrogens is 474 g/mol. The zero-order valence-electron chi connectivity index (χ0n) is 21.9. The molecule has 0 spiro atoms. The molecule has 9 heteroatoms. The average Bonchev–Trinajstić information content (AvgIpc) is 3.12. The van der Waals surface area contributed by atoms with Crippen molar-refractivity contribution in [3.63, 3.8) is 0 Å². The number of hydrogen-bond donors (Lipinski definition) is 3. The van der Waals surface area contributed by atoms with Crippen molar-refractivity contribution in [2.45, 2.75) is 38.6 Å². The molecule has 0 aliphatic heterocycles. The van der Waals surface area contributed by atoms with Gasteiger partial charge in [0.25, 0.3) is 0 Å². The van der Waals surface area contributed by atoms with E-state index < -0.39 is 0 Å². The number of anilines is 1. The number of aryl methyl sites for hydroxylation is 1. The number of amides is 2. The van der Waals surface area contributed by atoms with E-state index in [0.717, 1.165) is 16.7 Å². The molecule has 3 N–H and O–H groups in total. The van der Waals surface area contributed by atoms with E-state index in [1.807, 2.05) is 12.1 Å². The predicted molar refractivity (Wildman–Crippen MR) is 144 cm³/mol. The van der Waals surface area contributed by atoms with E-state index in [2.05, 4.69) is 22.5 Å². The second kappa shape index (κ2) is 12.8. The van der Waals surface area contributed by atoms with Crippen molar-refractivity contribution in [2.24, 2.45) is 0 Å². The molecule has 0 radical (unpaired) electrons. The number of hydrogen-bond acceptors (Lipinski definition) is 7. The Bertz CT molecular complexity index is 1230. The topological polar surface area (TPSA) is 115 Å². The molecule has 0 aromatic heterocycles. The van der Waals surface area contributed by atoms with Gasteiger partial charge in [-0.25, -0.2) is 0 Å². The van der Waals surface area contributed by atoms with Crippen molar-refractivity contribution in [1.29, 1.82) is 0 Å². The fourth-order valence-electron chi connectivity index (χ4n) is 4.60. The first-order valence-electron chi connectivity index (χ1n) is 12.2. The summed E-state index contributed by atoms with van der Waals surface area (Å²) in [6.07, 6.45) is 3.73. The Balaban J connectivity index is 2.06. The largest absolute Gasteiger partial charge is 0.493 e. The van der Waals surface area contributed by atoms with Crippen LogP contribution in [0.1, 0.15) is 43.4 Å². The second-order valence-corrected chi connectivity index (χ2v) is 8.72. The Morgan fingerprint density at radius 3 is 2.51 bits per heavy atom. The Morgan fingerprint density at radius 1 is 1.11 bits per heavy atom. The molecule has 2 aromatic carbocycles. The third-order valence-electron chi connectivity index (χ3n) is 6.26. The Hall–Kier alpha value is -4.01. The minimum Gasteiger partial charge on any atom is -0.493 e. The molecule has 0 saturated heterocycles. The fraction of sp³-hybridized carbons (Fsp3) is 0.393. The van der Waals surface area contributed by atoms with Gasteiger partial charge in [-0.05, 0) is 54.2 Å². The number of carbonyl (C=O) groups is 2. The van der Waals surface area contributed by atoms with Gasteiger partial charge in [0.2, 0.25) is 23.0 Å². The first-order valence-corrected chi connectivity index (χ1v) is 12.2. The van der Waals surface area contributed by atoms with Crippen molar-refractivity contribution in [3.05, 3.63) is 58.3 Å². The van der Waals surface area contributed by atoms with E-state index in [1.165, 1.54) is 6.92 Å². The van der Waals surface area contributed by atoms with Gasteiger partial charge >= 0.3 is 0 Å². The third kappa shape index (κ3) is 6.41. The summed E-state index contributed by atoms with van der Waals surface area (Å²) in [6, 6.07) is 6.71. The van der Waals surface area contributed by atoms with Crippen LogP contribution in [0.5, 0.6) is 17.2 Å². The van der Waals surface area contributed by atoms with Crippen molar-refractivity contribution in [1.82, 2.24) is 10.6 Å². The molecule has 2 amide bonds. The van der Waals surface area contributed by atoms with Gasteiger partial charge in [0, 0.05) is 32.0 Å². The highest BCUT2D eigenvalue weighted by Crippen LogP contribution is 2.50. The Kier molecular flexibility index (Phi) is 9.54. The normalized spacial score (nSPS) is 13.8. The summed E-state index contributed by atoms with van der Waals surface area (Å²) in [5, 5.41) is 8.89. The van der Waals surface area contributed by atoms with Crippen molar-refractivity contribution < 1.29 is 23.8 Å². The lowest BCUT2D eigenvalue weighted by atomic mass is 9.95. The van der Waals surface area contributed by atoms with Crippen LogP contribution >= 0.6 is 0 Å². The fourth-order valence-corrected chi connectivity index (χ4v) is 4.60. The predicted octanol–water partition coefficient (Wildman–Crippen LogP) is 3.36. The monoisotopic (exact) mass is 509 g/mol. The van der Waals surface area contributed by atoms with Gasteiger partial charge in [0.05, 0.1) is 33.1 Å². The van der Waals surface area contributed by atoms with E-state index in [-0.39, 0.29) is 23.3 Å². The van der Waals surface area contributed by atoms with E-state index >= 15 is 0 Å². The minimum absolute atomic E-state index is 0.0689. The van der Waals surface area contributed by atoms with Crippen LogP contribution in [0.3, 0.4) is 0 Å². The summed E-state index contributed by atoms with van der Waals surface area (Å²) in [6.45, 7) is 5.92. The van der Waals surface area contributed by atoms with Crippen LogP contribution in [0.15, 0.2) is 41.7 Å². The number of benzene rings is 1. The molecular formula is C28H35N3O6. The molecule has 0 heterocycles. The van der Waals surface area contributed by atoms with E-state index in [9.17, 15) is 14.4 Å². The van der Waals surface area contributed by atoms with Gasteiger partial charge in [0.1, 0.15) is 0 Å². The maximum absolute atomic E-state index is 13.3. The minimum atomic E-state index is -0.372. The number of ether oxygens (including phenoxy) is 3. The van der Waals surface area contributed by atoms with Gasteiger partial charge in [-0.2, -0.15) is 0 Å². The lowest BCUT2D eigenvalue weighted by Gasteiger charge is -2.19. The average molecular weight is 510 g/mol. The number of carbonyl (C=O) groups excluding carboxylic acids is 2. The maximum Gasteiger partial charge on any atom is 0.220 e. The summed E-state index contributed by atoms with van der Waals surface area (Å²) in [4.78, 5) is 37.1. The van der Waals surface area contributed by atoms with Crippen LogP contribution in [0.2, 0.25) is 0 Å². The zero-order valence-corrected chi connectivity index (χ0v) is 21.9. The van der Waals surface area contributed by atoms with Crippen molar-refractivity contribution >= 4 is 17.5 Å². The highest BCUT2D eigenvalue weighted by atomic mass is 16.5.